The van der Waals surface area contributed by atoms with Crippen LogP contribution in [0.1, 0.15) is 11.1 Å². The van der Waals surface area contributed by atoms with Crippen molar-refractivity contribution in [2.24, 2.45) is 0 Å². The predicted octanol–water partition coefficient (Wildman–Crippen LogP) is 2.25. The molecule has 0 spiro atoms. The molecule has 5 heteroatoms. The Morgan fingerprint density at radius 1 is 1.47 bits per heavy atom. The fourth-order valence-corrected chi connectivity index (χ4v) is 1.42. The molecule has 0 aliphatic heterocycles. The zero-order valence-corrected chi connectivity index (χ0v) is 8.95. The Morgan fingerprint density at radius 3 is 2.67 bits per heavy atom. The van der Waals surface area contributed by atoms with Crippen LogP contribution in [-0.4, -0.2) is 16.6 Å². The third-order valence-corrected chi connectivity index (χ3v) is 2.18. The van der Waals surface area contributed by atoms with Gasteiger partial charge in [0.15, 0.2) is 5.78 Å². The molecule has 1 aromatic rings. The molecule has 0 radical (unpaired) electrons. The molecule has 0 fully saturated rings. The van der Waals surface area contributed by atoms with Gasteiger partial charge in [0.2, 0.25) is 0 Å². The van der Waals surface area contributed by atoms with Gasteiger partial charge in [0.1, 0.15) is 0 Å². The summed E-state index contributed by atoms with van der Waals surface area (Å²) in [7, 11) is 0. The van der Waals surface area contributed by atoms with Crippen LogP contribution < -0.4 is 0 Å². The Hall–Kier alpha value is -1.42. The number of rotatable bonds is 4. The maximum absolute atomic E-state index is 11.1. The minimum absolute atomic E-state index is 0.00683. The molecular weight excluding hydrogens is 218 g/mol. The second kappa shape index (κ2) is 4.89. The number of non-ortho nitro benzene ring substituents is 1. The van der Waals surface area contributed by atoms with Crippen molar-refractivity contribution >= 4 is 23.1 Å². The van der Waals surface area contributed by atoms with Crippen molar-refractivity contribution in [1.29, 1.82) is 0 Å². The molecule has 0 saturated carbocycles. The molecule has 0 saturated heterocycles. The number of halogens is 1. The molecule has 0 aliphatic rings. The molecule has 1 aromatic carbocycles. The number of ketones is 1. The number of Topliss-reactive ketones (excluding diaryl/α,β-unsaturated/α-hetero) is 1. The van der Waals surface area contributed by atoms with Crippen LogP contribution in [-0.2, 0) is 11.2 Å². The van der Waals surface area contributed by atoms with Gasteiger partial charge >= 0.3 is 0 Å². The monoisotopic (exact) mass is 227 g/mol. The topological polar surface area (TPSA) is 60.2 Å². The number of aryl methyl sites for hydroxylation is 1. The quantitative estimate of drug-likeness (QED) is 0.450. The minimum atomic E-state index is -0.471. The Kier molecular flexibility index (Phi) is 3.80. The van der Waals surface area contributed by atoms with E-state index in [1.54, 1.807) is 13.0 Å². The number of nitro groups is 1. The van der Waals surface area contributed by atoms with Crippen molar-refractivity contribution < 1.29 is 9.72 Å². The summed E-state index contributed by atoms with van der Waals surface area (Å²) in [4.78, 5) is 21.2. The zero-order valence-electron chi connectivity index (χ0n) is 8.20. The van der Waals surface area contributed by atoms with E-state index in [4.69, 9.17) is 11.6 Å². The lowest BCUT2D eigenvalue weighted by molar-refractivity contribution is -0.385. The average Bonchev–Trinajstić information content (AvgIpc) is 2.16. The molecule has 0 aliphatic carbocycles. The predicted molar refractivity (Wildman–Crippen MR) is 57.3 cm³/mol. The summed E-state index contributed by atoms with van der Waals surface area (Å²) in [5.41, 5.74) is 1.40. The van der Waals surface area contributed by atoms with Gasteiger partial charge < -0.3 is 0 Å². The lowest BCUT2D eigenvalue weighted by atomic mass is 10.1. The molecule has 0 bridgehead atoms. The molecular formula is C10H10ClNO3. The standard InChI is InChI=1S/C10H10ClNO3/c1-7-2-8(5-10(13)6-11)4-9(3-7)12(14)15/h2-4H,5-6H2,1H3. The summed E-state index contributed by atoms with van der Waals surface area (Å²) in [6, 6.07) is 4.61. The highest BCUT2D eigenvalue weighted by Crippen LogP contribution is 2.17. The first-order valence-electron chi connectivity index (χ1n) is 4.35. The fraction of sp³-hybridized carbons (Fsp3) is 0.300. The van der Waals surface area contributed by atoms with Crippen molar-refractivity contribution in [3.8, 4) is 0 Å². The Labute approximate surface area is 92.0 Å². The summed E-state index contributed by atoms with van der Waals surface area (Å²) >= 11 is 5.36. The lowest BCUT2D eigenvalue weighted by Gasteiger charge is -2.01. The van der Waals surface area contributed by atoms with Crippen LogP contribution >= 0.6 is 11.6 Å². The summed E-state index contributed by atoms with van der Waals surface area (Å²) in [6.45, 7) is 1.75. The minimum Gasteiger partial charge on any atom is -0.298 e. The molecule has 0 unspecified atom stereocenters. The van der Waals surface area contributed by atoms with Crippen LogP contribution in [0.25, 0.3) is 0 Å². The fourth-order valence-electron chi connectivity index (χ4n) is 1.32. The van der Waals surface area contributed by atoms with Crippen LogP contribution in [0.5, 0.6) is 0 Å². The highest BCUT2D eigenvalue weighted by molar-refractivity contribution is 6.27. The van der Waals surface area contributed by atoms with Crippen LogP contribution in [0.2, 0.25) is 0 Å². The Balaban J connectivity index is 2.98. The van der Waals surface area contributed by atoms with E-state index in [0.717, 1.165) is 5.56 Å². The first-order chi connectivity index (χ1) is 7.02. The van der Waals surface area contributed by atoms with Gasteiger partial charge in [0.05, 0.1) is 10.8 Å². The Bertz CT molecular complexity index is 404. The molecule has 15 heavy (non-hydrogen) atoms. The van der Waals surface area contributed by atoms with Crippen LogP contribution in [0.3, 0.4) is 0 Å². The first kappa shape index (κ1) is 11.7. The Morgan fingerprint density at radius 2 is 2.13 bits per heavy atom. The maximum atomic E-state index is 11.1. The molecule has 0 N–H and O–H groups in total. The van der Waals surface area contributed by atoms with E-state index in [1.165, 1.54) is 12.1 Å². The molecule has 4 nitrogen and oxygen atoms in total. The van der Waals surface area contributed by atoms with Gasteiger partial charge in [-0.3, -0.25) is 14.9 Å². The van der Waals surface area contributed by atoms with Crippen LogP contribution in [0.15, 0.2) is 18.2 Å². The third kappa shape index (κ3) is 3.32. The summed E-state index contributed by atoms with van der Waals surface area (Å²) < 4.78 is 0. The molecule has 1 rings (SSSR count). The van der Waals surface area contributed by atoms with Gasteiger partial charge in [0, 0.05) is 18.6 Å². The largest absolute Gasteiger partial charge is 0.298 e. The number of carbonyl (C=O) groups is 1. The number of hydrogen-bond acceptors (Lipinski definition) is 3. The molecule has 0 aromatic heterocycles. The highest BCUT2D eigenvalue weighted by Gasteiger charge is 2.10. The van der Waals surface area contributed by atoms with E-state index < -0.39 is 4.92 Å². The number of benzene rings is 1. The first-order valence-corrected chi connectivity index (χ1v) is 4.89. The van der Waals surface area contributed by atoms with Crippen LogP contribution in [0, 0.1) is 17.0 Å². The SMILES string of the molecule is Cc1cc(CC(=O)CCl)cc([N+](=O)[O-])c1. The summed E-state index contributed by atoms with van der Waals surface area (Å²) in [5.74, 6) is -0.210. The number of carbonyl (C=O) groups excluding carboxylic acids is 1. The maximum Gasteiger partial charge on any atom is 0.269 e. The average molecular weight is 228 g/mol. The van der Waals surface area contributed by atoms with E-state index in [9.17, 15) is 14.9 Å². The number of hydrogen-bond donors (Lipinski definition) is 0. The molecule has 0 atom stereocenters. The molecule has 80 valence electrons. The van der Waals surface area contributed by atoms with E-state index in [0.29, 0.717) is 5.56 Å². The summed E-state index contributed by atoms with van der Waals surface area (Å²) in [5, 5.41) is 10.6. The van der Waals surface area contributed by atoms with Gasteiger partial charge in [-0.2, -0.15) is 0 Å². The van der Waals surface area contributed by atoms with E-state index in [1.807, 2.05) is 0 Å². The van der Waals surface area contributed by atoms with Crippen molar-refractivity contribution in [3.63, 3.8) is 0 Å². The highest BCUT2D eigenvalue weighted by atomic mass is 35.5. The second-order valence-corrected chi connectivity index (χ2v) is 3.55. The van der Waals surface area contributed by atoms with Crippen molar-refractivity contribution in [2.75, 3.05) is 5.88 Å². The number of nitro benzene ring substituents is 1. The normalized spacial score (nSPS) is 10.0. The number of alkyl halides is 1. The zero-order chi connectivity index (χ0) is 11.4. The van der Waals surface area contributed by atoms with E-state index >= 15 is 0 Å². The van der Waals surface area contributed by atoms with Crippen molar-refractivity contribution in [1.82, 2.24) is 0 Å². The van der Waals surface area contributed by atoms with Gasteiger partial charge in [-0.05, 0) is 18.1 Å². The number of nitrogens with zero attached hydrogens (tertiary/aromatic N) is 1. The second-order valence-electron chi connectivity index (χ2n) is 3.28. The van der Waals surface area contributed by atoms with Gasteiger partial charge in [-0.25, -0.2) is 0 Å². The van der Waals surface area contributed by atoms with Gasteiger partial charge in [-0.1, -0.05) is 6.07 Å². The van der Waals surface area contributed by atoms with Crippen molar-refractivity contribution in [2.45, 2.75) is 13.3 Å². The lowest BCUT2D eigenvalue weighted by Crippen LogP contribution is -2.04. The van der Waals surface area contributed by atoms with Crippen molar-refractivity contribution in [3.05, 3.63) is 39.4 Å². The molecule has 0 heterocycles. The van der Waals surface area contributed by atoms with Gasteiger partial charge in [-0.15, -0.1) is 11.6 Å². The van der Waals surface area contributed by atoms with Crippen LogP contribution in [0.4, 0.5) is 5.69 Å². The molecule has 0 amide bonds. The summed E-state index contributed by atoms with van der Waals surface area (Å²) in [6.07, 6.45) is 0.145. The van der Waals surface area contributed by atoms with E-state index in [-0.39, 0.29) is 23.8 Å². The smallest absolute Gasteiger partial charge is 0.269 e. The third-order valence-electron chi connectivity index (χ3n) is 1.88. The van der Waals surface area contributed by atoms with Gasteiger partial charge in [0.25, 0.3) is 5.69 Å². The van der Waals surface area contributed by atoms with E-state index in [2.05, 4.69) is 0 Å².